The highest BCUT2D eigenvalue weighted by molar-refractivity contribution is 5.76. The minimum atomic E-state index is 0.162. The third kappa shape index (κ3) is 5.13. The first-order valence-corrected chi connectivity index (χ1v) is 8.10. The molecule has 23 heavy (non-hydrogen) atoms. The van der Waals surface area contributed by atoms with Gasteiger partial charge in [0.05, 0.1) is 6.61 Å². The van der Waals surface area contributed by atoms with Crippen LogP contribution in [0.25, 0.3) is 0 Å². The molecule has 0 radical (unpaired) electrons. The highest BCUT2D eigenvalue weighted by Gasteiger charge is 2.15. The molecule has 0 saturated carbocycles. The van der Waals surface area contributed by atoms with Crippen LogP contribution in [0.15, 0.2) is 54.6 Å². The average molecular weight is 311 g/mol. The predicted molar refractivity (Wildman–Crippen MR) is 93.6 cm³/mol. The lowest BCUT2D eigenvalue weighted by Gasteiger charge is -2.20. The van der Waals surface area contributed by atoms with Gasteiger partial charge in [-0.25, -0.2) is 0 Å². The number of rotatable bonds is 7. The van der Waals surface area contributed by atoms with Gasteiger partial charge in [0.1, 0.15) is 5.75 Å². The van der Waals surface area contributed by atoms with Gasteiger partial charge in [0.25, 0.3) is 0 Å². The quantitative estimate of drug-likeness (QED) is 0.765. The zero-order valence-corrected chi connectivity index (χ0v) is 14.2. The van der Waals surface area contributed by atoms with E-state index in [1.54, 1.807) is 4.90 Å². The first kappa shape index (κ1) is 17.1. The summed E-state index contributed by atoms with van der Waals surface area (Å²) >= 11 is 0. The Morgan fingerprint density at radius 1 is 1.09 bits per heavy atom. The van der Waals surface area contributed by atoms with Gasteiger partial charge in [-0.1, -0.05) is 49.4 Å². The van der Waals surface area contributed by atoms with Gasteiger partial charge in [-0.15, -0.1) is 0 Å². The third-order valence-corrected chi connectivity index (χ3v) is 3.93. The van der Waals surface area contributed by atoms with Crippen LogP contribution < -0.4 is 4.74 Å². The molecule has 0 saturated heterocycles. The van der Waals surface area contributed by atoms with Gasteiger partial charge in [0, 0.05) is 20.0 Å². The van der Waals surface area contributed by atoms with Crippen LogP contribution in [-0.4, -0.2) is 24.5 Å². The highest BCUT2D eigenvalue weighted by atomic mass is 16.5. The van der Waals surface area contributed by atoms with E-state index in [1.165, 1.54) is 5.56 Å². The van der Waals surface area contributed by atoms with Crippen LogP contribution >= 0.6 is 0 Å². The molecule has 2 rings (SSSR count). The number of amides is 1. The maximum Gasteiger partial charge on any atom is 0.223 e. The van der Waals surface area contributed by atoms with Gasteiger partial charge in [0.2, 0.25) is 5.91 Å². The molecule has 2 aromatic carbocycles. The van der Waals surface area contributed by atoms with Gasteiger partial charge in [-0.3, -0.25) is 4.79 Å². The van der Waals surface area contributed by atoms with E-state index in [2.05, 4.69) is 19.1 Å². The molecule has 0 aromatic heterocycles. The van der Waals surface area contributed by atoms with Crippen LogP contribution in [-0.2, 0) is 11.3 Å². The molecule has 0 heterocycles. The SMILES string of the molecule is CCOc1ccc(CN(C)C(=O)CC(C)c2ccccc2)cc1. The molecule has 0 fully saturated rings. The molecule has 1 amide bonds. The summed E-state index contributed by atoms with van der Waals surface area (Å²) in [6.07, 6.45) is 0.525. The predicted octanol–water partition coefficient (Wildman–Crippen LogP) is 4.24. The lowest BCUT2D eigenvalue weighted by atomic mass is 9.97. The first-order chi connectivity index (χ1) is 11.1. The zero-order valence-electron chi connectivity index (χ0n) is 14.2. The van der Waals surface area contributed by atoms with E-state index in [-0.39, 0.29) is 11.8 Å². The van der Waals surface area contributed by atoms with Crippen molar-refractivity contribution in [3.8, 4) is 5.75 Å². The van der Waals surface area contributed by atoms with E-state index in [0.717, 1.165) is 11.3 Å². The zero-order chi connectivity index (χ0) is 16.7. The Bertz CT molecular complexity index is 607. The summed E-state index contributed by atoms with van der Waals surface area (Å²) in [6.45, 7) is 5.34. The van der Waals surface area contributed by atoms with Crippen LogP contribution in [0, 0.1) is 0 Å². The molecule has 3 nitrogen and oxygen atoms in total. The van der Waals surface area contributed by atoms with Gasteiger partial charge in [-0.2, -0.15) is 0 Å². The van der Waals surface area contributed by atoms with E-state index in [0.29, 0.717) is 19.6 Å². The Kier molecular flexibility index (Phi) is 6.21. The highest BCUT2D eigenvalue weighted by Crippen LogP contribution is 2.20. The van der Waals surface area contributed by atoms with Gasteiger partial charge in [-0.05, 0) is 36.1 Å². The maximum absolute atomic E-state index is 12.4. The molecule has 0 bridgehead atoms. The van der Waals surface area contributed by atoms with Crippen molar-refractivity contribution in [1.29, 1.82) is 0 Å². The van der Waals surface area contributed by atoms with E-state index in [9.17, 15) is 4.79 Å². The van der Waals surface area contributed by atoms with Crippen LogP contribution in [0.2, 0.25) is 0 Å². The fraction of sp³-hybridized carbons (Fsp3) is 0.350. The molecule has 3 heteroatoms. The monoisotopic (exact) mass is 311 g/mol. The summed E-state index contributed by atoms with van der Waals surface area (Å²) in [5.41, 5.74) is 2.31. The minimum absolute atomic E-state index is 0.162. The first-order valence-electron chi connectivity index (χ1n) is 8.10. The van der Waals surface area contributed by atoms with E-state index in [1.807, 2.05) is 56.4 Å². The van der Waals surface area contributed by atoms with Crippen molar-refractivity contribution in [3.63, 3.8) is 0 Å². The van der Waals surface area contributed by atoms with Gasteiger partial charge < -0.3 is 9.64 Å². The van der Waals surface area contributed by atoms with Crippen LogP contribution in [0.5, 0.6) is 5.75 Å². The summed E-state index contributed by atoms with van der Waals surface area (Å²) in [4.78, 5) is 14.2. The third-order valence-electron chi connectivity index (χ3n) is 3.93. The lowest BCUT2D eigenvalue weighted by molar-refractivity contribution is -0.130. The van der Waals surface area contributed by atoms with E-state index < -0.39 is 0 Å². The molecule has 122 valence electrons. The minimum Gasteiger partial charge on any atom is -0.494 e. The number of hydrogen-bond acceptors (Lipinski definition) is 2. The van der Waals surface area contributed by atoms with Crippen molar-refractivity contribution in [3.05, 3.63) is 65.7 Å². The molecule has 0 aliphatic rings. The smallest absolute Gasteiger partial charge is 0.223 e. The van der Waals surface area contributed by atoms with Gasteiger partial charge >= 0.3 is 0 Å². The molecule has 1 atom stereocenters. The van der Waals surface area contributed by atoms with E-state index >= 15 is 0 Å². The Labute approximate surface area is 138 Å². The van der Waals surface area contributed by atoms with Crippen LogP contribution in [0.4, 0.5) is 0 Å². The Balaban J connectivity index is 1.89. The second-order valence-electron chi connectivity index (χ2n) is 5.84. The van der Waals surface area contributed by atoms with Crippen molar-refractivity contribution in [2.75, 3.05) is 13.7 Å². The van der Waals surface area contributed by atoms with Gasteiger partial charge in [0.15, 0.2) is 0 Å². The summed E-state index contributed by atoms with van der Waals surface area (Å²) in [5.74, 6) is 1.25. The molecular formula is C20H25NO2. The average Bonchev–Trinajstić information content (AvgIpc) is 2.57. The second kappa shape index (κ2) is 8.37. The topological polar surface area (TPSA) is 29.5 Å². The molecule has 1 unspecified atom stereocenters. The summed E-state index contributed by atoms with van der Waals surface area (Å²) in [7, 11) is 1.86. The van der Waals surface area contributed by atoms with Crippen molar-refractivity contribution in [2.24, 2.45) is 0 Å². The number of carbonyl (C=O) groups is 1. The summed E-state index contributed by atoms with van der Waals surface area (Å²) in [6, 6.07) is 18.1. The standard InChI is InChI=1S/C20H25NO2/c1-4-23-19-12-10-17(11-13-19)15-21(3)20(22)14-16(2)18-8-6-5-7-9-18/h5-13,16H,4,14-15H2,1-3H3. The van der Waals surface area contributed by atoms with Crippen molar-refractivity contribution < 1.29 is 9.53 Å². The largest absolute Gasteiger partial charge is 0.494 e. The van der Waals surface area contributed by atoms with E-state index in [4.69, 9.17) is 4.74 Å². The van der Waals surface area contributed by atoms with Crippen molar-refractivity contribution >= 4 is 5.91 Å². The number of ether oxygens (including phenoxy) is 1. The summed E-state index contributed by atoms with van der Waals surface area (Å²) in [5, 5.41) is 0. The molecule has 0 spiro atoms. The molecule has 2 aromatic rings. The van der Waals surface area contributed by atoms with Crippen molar-refractivity contribution in [1.82, 2.24) is 4.90 Å². The summed E-state index contributed by atoms with van der Waals surface area (Å²) < 4.78 is 5.43. The number of nitrogens with zero attached hydrogens (tertiary/aromatic N) is 1. The Morgan fingerprint density at radius 3 is 2.35 bits per heavy atom. The number of carbonyl (C=O) groups excluding carboxylic acids is 1. The molecule has 0 N–H and O–H groups in total. The molecule has 0 aliphatic carbocycles. The molecular weight excluding hydrogens is 286 g/mol. The number of hydrogen-bond donors (Lipinski definition) is 0. The fourth-order valence-electron chi connectivity index (χ4n) is 2.54. The Morgan fingerprint density at radius 2 is 1.74 bits per heavy atom. The lowest BCUT2D eigenvalue weighted by Crippen LogP contribution is -2.27. The maximum atomic E-state index is 12.4. The van der Waals surface area contributed by atoms with Crippen LogP contribution in [0.3, 0.4) is 0 Å². The van der Waals surface area contributed by atoms with Crippen molar-refractivity contribution in [2.45, 2.75) is 32.7 Å². The normalized spacial score (nSPS) is 11.8. The molecule has 0 aliphatic heterocycles. The number of benzene rings is 2. The Hall–Kier alpha value is -2.29. The second-order valence-corrected chi connectivity index (χ2v) is 5.84. The van der Waals surface area contributed by atoms with Crippen LogP contribution in [0.1, 0.15) is 37.3 Å². The fourth-order valence-corrected chi connectivity index (χ4v) is 2.54.